The van der Waals surface area contributed by atoms with Crippen molar-refractivity contribution in [3.8, 4) is 0 Å². The minimum atomic E-state index is 0.289. The molecule has 0 saturated carbocycles. The number of rotatable bonds is 2. The summed E-state index contributed by atoms with van der Waals surface area (Å²) < 4.78 is 0. The molecule has 0 aromatic heterocycles. The van der Waals surface area contributed by atoms with Crippen molar-refractivity contribution in [1.82, 2.24) is 0 Å². The average molecular weight is 205 g/mol. The van der Waals surface area contributed by atoms with E-state index in [0.717, 1.165) is 19.4 Å². The summed E-state index contributed by atoms with van der Waals surface area (Å²) in [5.41, 5.74) is 5.39. The molecule has 2 N–H and O–H groups in total. The normalized spacial score (nSPS) is 19.5. The first-order valence-electron chi connectivity index (χ1n) is 5.69. The summed E-state index contributed by atoms with van der Waals surface area (Å²) in [5.74, 6) is 0.533. The van der Waals surface area contributed by atoms with Gasteiger partial charge >= 0.3 is 0 Å². The van der Waals surface area contributed by atoms with Crippen LogP contribution < -0.4 is 5.32 Å². The second kappa shape index (κ2) is 4.23. The van der Waals surface area contributed by atoms with Gasteiger partial charge in [-0.05, 0) is 49.3 Å². The van der Waals surface area contributed by atoms with Crippen LogP contribution in [0.1, 0.15) is 35.4 Å². The predicted octanol–water partition coefficient (Wildman–Crippen LogP) is 2.59. The number of benzene rings is 1. The molecular formula is C13H19NO. The maximum absolute atomic E-state index is 9.05. The number of nitrogens with one attached hydrogen (secondary N) is 1. The summed E-state index contributed by atoms with van der Waals surface area (Å²) in [6.07, 6.45) is 2.02. The van der Waals surface area contributed by atoms with Crippen molar-refractivity contribution >= 4 is 5.69 Å². The zero-order chi connectivity index (χ0) is 10.8. The number of hydrogen-bond acceptors (Lipinski definition) is 2. The predicted molar refractivity (Wildman–Crippen MR) is 63.5 cm³/mol. The summed E-state index contributed by atoms with van der Waals surface area (Å²) in [7, 11) is 0. The van der Waals surface area contributed by atoms with E-state index in [1.165, 1.54) is 22.4 Å². The van der Waals surface area contributed by atoms with E-state index in [1.807, 2.05) is 0 Å². The average Bonchev–Trinajstić information content (AvgIpc) is 2.25. The lowest BCUT2D eigenvalue weighted by Crippen LogP contribution is -2.18. The molecular weight excluding hydrogens is 186 g/mol. The van der Waals surface area contributed by atoms with Crippen LogP contribution in [0.25, 0.3) is 0 Å². The van der Waals surface area contributed by atoms with Crippen molar-refractivity contribution in [3.05, 3.63) is 28.8 Å². The molecule has 0 radical (unpaired) electrons. The van der Waals surface area contributed by atoms with Crippen LogP contribution in [0.2, 0.25) is 0 Å². The maximum Gasteiger partial charge on any atom is 0.0436 e. The summed E-state index contributed by atoms with van der Waals surface area (Å²) in [4.78, 5) is 0. The van der Waals surface area contributed by atoms with Crippen LogP contribution in [0.15, 0.2) is 12.1 Å². The molecule has 82 valence electrons. The summed E-state index contributed by atoms with van der Waals surface area (Å²) >= 11 is 0. The van der Waals surface area contributed by atoms with Crippen LogP contribution in [-0.4, -0.2) is 18.3 Å². The van der Waals surface area contributed by atoms with Gasteiger partial charge in [-0.2, -0.15) is 0 Å². The largest absolute Gasteiger partial charge is 0.396 e. The minimum Gasteiger partial charge on any atom is -0.396 e. The molecule has 2 nitrogen and oxygen atoms in total. The monoisotopic (exact) mass is 205 g/mol. The third-order valence-corrected chi connectivity index (χ3v) is 3.48. The number of aliphatic hydroxyl groups excluding tert-OH is 1. The Bertz CT molecular complexity index is 360. The Morgan fingerprint density at radius 3 is 2.93 bits per heavy atom. The van der Waals surface area contributed by atoms with Crippen molar-refractivity contribution in [3.63, 3.8) is 0 Å². The molecule has 1 aliphatic rings. The first kappa shape index (κ1) is 10.5. The molecule has 1 atom stereocenters. The molecule has 0 bridgehead atoms. The molecule has 15 heavy (non-hydrogen) atoms. The van der Waals surface area contributed by atoms with Gasteiger partial charge in [-0.3, -0.25) is 0 Å². The zero-order valence-electron chi connectivity index (χ0n) is 9.51. The molecule has 1 aromatic carbocycles. The Morgan fingerprint density at radius 1 is 1.40 bits per heavy atom. The fourth-order valence-corrected chi connectivity index (χ4v) is 2.39. The second-order valence-electron chi connectivity index (χ2n) is 4.40. The first-order chi connectivity index (χ1) is 7.24. The molecule has 2 heteroatoms. The first-order valence-corrected chi connectivity index (χ1v) is 5.69. The van der Waals surface area contributed by atoms with Gasteiger partial charge in [0.1, 0.15) is 0 Å². The van der Waals surface area contributed by atoms with E-state index in [-0.39, 0.29) is 6.61 Å². The minimum absolute atomic E-state index is 0.289. The number of aryl methyl sites for hydroxylation is 1. The van der Waals surface area contributed by atoms with Gasteiger partial charge in [0.25, 0.3) is 0 Å². The molecule has 0 fully saturated rings. The van der Waals surface area contributed by atoms with Gasteiger partial charge in [-0.15, -0.1) is 0 Å². The highest BCUT2D eigenvalue weighted by atomic mass is 16.3. The zero-order valence-corrected chi connectivity index (χ0v) is 9.51. The number of fused-ring (bicyclic) bond motifs is 1. The second-order valence-corrected chi connectivity index (χ2v) is 4.40. The van der Waals surface area contributed by atoms with Crippen LogP contribution >= 0.6 is 0 Å². The summed E-state index contributed by atoms with van der Waals surface area (Å²) in [6, 6.07) is 4.40. The highest BCUT2D eigenvalue weighted by Gasteiger charge is 2.20. The van der Waals surface area contributed by atoms with E-state index in [1.54, 1.807) is 0 Å². The van der Waals surface area contributed by atoms with E-state index in [2.05, 4.69) is 31.3 Å². The SMILES string of the molecule is Cc1ccc2c(c1C)NCCC2CCO. The van der Waals surface area contributed by atoms with Crippen LogP contribution in [0.5, 0.6) is 0 Å². The molecule has 0 spiro atoms. The molecule has 1 aromatic rings. The Morgan fingerprint density at radius 2 is 2.20 bits per heavy atom. The highest BCUT2D eigenvalue weighted by Crippen LogP contribution is 2.36. The van der Waals surface area contributed by atoms with Crippen molar-refractivity contribution in [2.45, 2.75) is 32.6 Å². The quantitative estimate of drug-likeness (QED) is 0.777. The van der Waals surface area contributed by atoms with Gasteiger partial charge in [-0.1, -0.05) is 12.1 Å². The van der Waals surface area contributed by atoms with Gasteiger partial charge in [0, 0.05) is 18.8 Å². The van der Waals surface area contributed by atoms with Crippen molar-refractivity contribution in [2.24, 2.45) is 0 Å². The van der Waals surface area contributed by atoms with Crippen molar-refractivity contribution < 1.29 is 5.11 Å². The molecule has 1 unspecified atom stereocenters. The van der Waals surface area contributed by atoms with Crippen LogP contribution in [-0.2, 0) is 0 Å². The van der Waals surface area contributed by atoms with E-state index >= 15 is 0 Å². The third kappa shape index (κ3) is 1.86. The summed E-state index contributed by atoms with van der Waals surface area (Å²) in [6.45, 7) is 5.63. The van der Waals surface area contributed by atoms with Crippen LogP contribution in [0, 0.1) is 13.8 Å². The molecule has 0 aliphatic carbocycles. The number of anilines is 1. The Balaban J connectivity index is 2.40. The standard InChI is InChI=1S/C13H19NO/c1-9-3-4-12-11(6-8-15)5-7-14-13(12)10(9)2/h3-4,11,14-15H,5-8H2,1-2H3. The molecule has 0 amide bonds. The van der Waals surface area contributed by atoms with E-state index < -0.39 is 0 Å². The van der Waals surface area contributed by atoms with E-state index in [4.69, 9.17) is 5.11 Å². The van der Waals surface area contributed by atoms with Gasteiger partial charge in [-0.25, -0.2) is 0 Å². The van der Waals surface area contributed by atoms with Gasteiger partial charge < -0.3 is 10.4 Å². The van der Waals surface area contributed by atoms with Gasteiger partial charge in [0.15, 0.2) is 0 Å². The van der Waals surface area contributed by atoms with Gasteiger partial charge in [0.2, 0.25) is 0 Å². The lowest BCUT2D eigenvalue weighted by Gasteiger charge is -2.28. The topological polar surface area (TPSA) is 32.3 Å². The van der Waals surface area contributed by atoms with Crippen LogP contribution in [0.3, 0.4) is 0 Å². The lowest BCUT2D eigenvalue weighted by molar-refractivity contribution is 0.273. The molecule has 1 heterocycles. The Hall–Kier alpha value is -1.02. The van der Waals surface area contributed by atoms with E-state index in [0.29, 0.717) is 5.92 Å². The fraction of sp³-hybridized carbons (Fsp3) is 0.538. The molecule has 1 aliphatic heterocycles. The van der Waals surface area contributed by atoms with Gasteiger partial charge in [0.05, 0.1) is 0 Å². The molecule has 2 rings (SSSR count). The van der Waals surface area contributed by atoms with Crippen molar-refractivity contribution in [2.75, 3.05) is 18.5 Å². The summed E-state index contributed by atoms with van der Waals surface area (Å²) in [5, 5.41) is 12.5. The van der Waals surface area contributed by atoms with Crippen molar-refractivity contribution in [1.29, 1.82) is 0 Å². The number of aliphatic hydroxyl groups is 1. The molecule has 0 saturated heterocycles. The maximum atomic E-state index is 9.05. The Labute approximate surface area is 91.3 Å². The van der Waals surface area contributed by atoms with Crippen LogP contribution in [0.4, 0.5) is 5.69 Å². The lowest BCUT2D eigenvalue weighted by atomic mass is 9.86. The third-order valence-electron chi connectivity index (χ3n) is 3.48. The van der Waals surface area contributed by atoms with E-state index in [9.17, 15) is 0 Å². The Kier molecular flexibility index (Phi) is 2.96. The smallest absolute Gasteiger partial charge is 0.0436 e. The fourth-order valence-electron chi connectivity index (χ4n) is 2.39. The highest BCUT2D eigenvalue weighted by molar-refractivity contribution is 5.62. The number of hydrogen-bond donors (Lipinski definition) is 2.